The van der Waals surface area contributed by atoms with Crippen molar-refractivity contribution in [2.75, 3.05) is 13.1 Å². The van der Waals surface area contributed by atoms with Crippen molar-refractivity contribution in [1.29, 1.82) is 0 Å². The second-order valence-corrected chi connectivity index (χ2v) is 8.33. The van der Waals surface area contributed by atoms with Gasteiger partial charge in [0.1, 0.15) is 0 Å². The van der Waals surface area contributed by atoms with Crippen LogP contribution in [0, 0.1) is 5.92 Å². The van der Waals surface area contributed by atoms with E-state index in [1.807, 2.05) is 12.3 Å². The third kappa shape index (κ3) is 5.25. The highest BCUT2D eigenvalue weighted by molar-refractivity contribution is 5.09. The van der Waals surface area contributed by atoms with Crippen LogP contribution in [0.1, 0.15) is 70.5 Å². The molecule has 1 saturated carbocycles. The summed E-state index contributed by atoms with van der Waals surface area (Å²) in [6, 6.07) is 7.53. The normalized spacial score (nSPS) is 27.5. The Balaban J connectivity index is 1.54. The summed E-state index contributed by atoms with van der Waals surface area (Å²) in [5.41, 5.74) is 1.17. The van der Waals surface area contributed by atoms with Crippen LogP contribution in [0.15, 0.2) is 24.4 Å². The fraction of sp³-hybridized carbons (Fsp3) is 0.762. The van der Waals surface area contributed by atoms with Crippen LogP contribution in [0.2, 0.25) is 0 Å². The molecule has 0 bridgehead atoms. The molecule has 1 saturated heterocycles. The average molecular weight is 346 g/mol. The van der Waals surface area contributed by atoms with Crippen LogP contribution in [0.3, 0.4) is 0 Å². The van der Waals surface area contributed by atoms with E-state index in [4.69, 9.17) is 0 Å². The van der Waals surface area contributed by atoms with E-state index < -0.39 is 0 Å². The van der Waals surface area contributed by atoms with Crippen LogP contribution in [0.5, 0.6) is 0 Å². The maximum atomic E-state index is 10.3. The van der Waals surface area contributed by atoms with Gasteiger partial charge in [-0.05, 0) is 50.2 Å². The molecule has 0 radical (unpaired) electrons. The molecule has 1 aromatic heterocycles. The number of nitrogens with one attached hydrogen (secondary N) is 1. The van der Waals surface area contributed by atoms with Gasteiger partial charge in [-0.15, -0.1) is 0 Å². The second-order valence-electron chi connectivity index (χ2n) is 8.33. The van der Waals surface area contributed by atoms with E-state index in [1.165, 1.54) is 37.8 Å². The zero-order valence-electron chi connectivity index (χ0n) is 15.9. The summed E-state index contributed by atoms with van der Waals surface area (Å²) >= 11 is 0. The minimum absolute atomic E-state index is 0.111. The first-order valence-corrected chi connectivity index (χ1v) is 10.2. The SMILES string of the molecule is CC(C)C[C@H](NC1CCN([C@@H]2CCCC[C@@H]2O)CC1)c1ccccn1. The number of rotatable bonds is 6. The fourth-order valence-corrected chi connectivity index (χ4v) is 4.53. The number of piperidine rings is 1. The van der Waals surface area contributed by atoms with Gasteiger partial charge in [-0.1, -0.05) is 32.8 Å². The van der Waals surface area contributed by atoms with Crippen molar-refractivity contribution < 1.29 is 5.11 Å². The van der Waals surface area contributed by atoms with Crippen LogP contribution in [0.4, 0.5) is 0 Å². The van der Waals surface area contributed by atoms with E-state index in [9.17, 15) is 5.11 Å². The monoisotopic (exact) mass is 345 g/mol. The van der Waals surface area contributed by atoms with Gasteiger partial charge in [0.2, 0.25) is 0 Å². The van der Waals surface area contributed by atoms with Gasteiger partial charge >= 0.3 is 0 Å². The molecule has 4 nitrogen and oxygen atoms in total. The summed E-state index contributed by atoms with van der Waals surface area (Å²) in [7, 11) is 0. The molecule has 2 fully saturated rings. The zero-order valence-corrected chi connectivity index (χ0v) is 15.9. The molecule has 0 unspecified atom stereocenters. The Labute approximate surface area is 153 Å². The molecule has 0 amide bonds. The van der Waals surface area contributed by atoms with E-state index >= 15 is 0 Å². The lowest BCUT2D eigenvalue weighted by Gasteiger charge is -2.42. The molecule has 0 spiro atoms. The van der Waals surface area contributed by atoms with Crippen molar-refractivity contribution in [3.8, 4) is 0 Å². The van der Waals surface area contributed by atoms with Crippen LogP contribution < -0.4 is 5.32 Å². The Morgan fingerprint density at radius 2 is 1.92 bits per heavy atom. The lowest BCUT2D eigenvalue weighted by molar-refractivity contribution is 0.00642. The third-order valence-electron chi connectivity index (χ3n) is 5.88. The van der Waals surface area contributed by atoms with Gasteiger partial charge in [0.25, 0.3) is 0 Å². The second kappa shape index (κ2) is 9.11. The molecule has 2 N–H and O–H groups in total. The van der Waals surface area contributed by atoms with Crippen LogP contribution >= 0.6 is 0 Å². The van der Waals surface area contributed by atoms with E-state index in [0.29, 0.717) is 24.0 Å². The molecule has 140 valence electrons. The summed E-state index contributed by atoms with van der Waals surface area (Å²) in [5, 5.41) is 14.2. The number of likely N-dealkylation sites (tertiary alicyclic amines) is 1. The Morgan fingerprint density at radius 3 is 2.56 bits per heavy atom. The van der Waals surface area contributed by atoms with Crippen molar-refractivity contribution in [3.63, 3.8) is 0 Å². The number of hydrogen-bond donors (Lipinski definition) is 2. The van der Waals surface area contributed by atoms with Gasteiger partial charge in [-0.3, -0.25) is 9.88 Å². The van der Waals surface area contributed by atoms with Gasteiger partial charge in [0.05, 0.1) is 11.8 Å². The predicted octanol–water partition coefficient (Wildman–Crippen LogP) is 3.53. The topological polar surface area (TPSA) is 48.4 Å². The van der Waals surface area contributed by atoms with Crippen molar-refractivity contribution >= 4 is 0 Å². The van der Waals surface area contributed by atoms with Crippen molar-refractivity contribution in [2.24, 2.45) is 5.92 Å². The van der Waals surface area contributed by atoms with Gasteiger partial charge in [-0.25, -0.2) is 0 Å². The maximum absolute atomic E-state index is 10.3. The molecule has 1 aromatic rings. The Hall–Kier alpha value is -0.970. The van der Waals surface area contributed by atoms with Gasteiger partial charge < -0.3 is 10.4 Å². The number of hydrogen-bond acceptors (Lipinski definition) is 4. The first-order chi connectivity index (χ1) is 12.1. The summed E-state index contributed by atoms with van der Waals surface area (Å²) in [4.78, 5) is 7.13. The highest BCUT2D eigenvalue weighted by Gasteiger charge is 2.32. The Morgan fingerprint density at radius 1 is 1.16 bits per heavy atom. The van der Waals surface area contributed by atoms with Crippen LogP contribution in [-0.2, 0) is 0 Å². The highest BCUT2D eigenvalue weighted by atomic mass is 16.3. The number of pyridine rings is 1. The quantitative estimate of drug-likeness (QED) is 0.828. The summed E-state index contributed by atoms with van der Waals surface area (Å²) in [6.45, 7) is 6.78. The smallest absolute Gasteiger partial charge is 0.0695 e. The largest absolute Gasteiger partial charge is 0.391 e. The van der Waals surface area contributed by atoms with Crippen molar-refractivity contribution in [2.45, 2.75) is 83.0 Å². The standard InChI is InChI=1S/C21H35N3O/c1-16(2)15-19(18-7-5-6-12-22-18)23-17-10-13-24(14-11-17)20-8-3-4-9-21(20)25/h5-7,12,16-17,19-21,23,25H,3-4,8-11,13-15H2,1-2H3/t19-,20+,21-/m0/s1. The van der Waals surface area contributed by atoms with Crippen molar-refractivity contribution in [3.05, 3.63) is 30.1 Å². The molecule has 25 heavy (non-hydrogen) atoms. The number of aliphatic hydroxyl groups excluding tert-OH is 1. The van der Waals surface area contributed by atoms with Gasteiger partial charge in [0.15, 0.2) is 0 Å². The van der Waals surface area contributed by atoms with E-state index in [-0.39, 0.29) is 6.10 Å². The van der Waals surface area contributed by atoms with Crippen LogP contribution in [0.25, 0.3) is 0 Å². The molecule has 0 aromatic carbocycles. The van der Waals surface area contributed by atoms with E-state index in [1.54, 1.807) is 0 Å². The first kappa shape index (κ1) is 18.8. The lowest BCUT2D eigenvalue weighted by Crippen LogP contribution is -2.52. The van der Waals surface area contributed by atoms with Crippen LogP contribution in [-0.4, -0.2) is 46.3 Å². The summed E-state index contributed by atoms with van der Waals surface area (Å²) in [5.74, 6) is 0.650. The molecule has 4 heteroatoms. The molecule has 1 aliphatic carbocycles. The molecular weight excluding hydrogens is 310 g/mol. The lowest BCUT2D eigenvalue weighted by atomic mass is 9.89. The summed E-state index contributed by atoms with van der Waals surface area (Å²) in [6.07, 6.45) is 9.88. The minimum atomic E-state index is -0.111. The molecule has 1 aliphatic heterocycles. The molecule has 3 atom stereocenters. The first-order valence-electron chi connectivity index (χ1n) is 10.2. The molecule has 2 heterocycles. The fourth-order valence-electron chi connectivity index (χ4n) is 4.53. The average Bonchev–Trinajstić information content (AvgIpc) is 2.63. The minimum Gasteiger partial charge on any atom is -0.391 e. The number of nitrogens with zero attached hydrogens (tertiary/aromatic N) is 2. The molecule has 2 aliphatic rings. The maximum Gasteiger partial charge on any atom is 0.0695 e. The predicted molar refractivity (Wildman–Crippen MR) is 102 cm³/mol. The number of aromatic nitrogens is 1. The van der Waals surface area contributed by atoms with Gasteiger partial charge in [-0.2, -0.15) is 0 Å². The highest BCUT2D eigenvalue weighted by Crippen LogP contribution is 2.27. The molecule has 3 rings (SSSR count). The Kier molecular flexibility index (Phi) is 6.85. The third-order valence-corrected chi connectivity index (χ3v) is 5.88. The van der Waals surface area contributed by atoms with E-state index in [0.717, 1.165) is 25.9 Å². The van der Waals surface area contributed by atoms with Crippen molar-refractivity contribution in [1.82, 2.24) is 15.2 Å². The Bertz CT molecular complexity index is 499. The summed E-state index contributed by atoms with van der Waals surface area (Å²) < 4.78 is 0. The zero-order chi connectivity index (χ0) is 17.6. The van der Waals surface area contributed by atoms with Gasteiger partial charge in [0, 0.05) is 37.4 Å². The molecular formula is C21H35N3O. The number of aliphatic hydroxyl groups is 1. The van der Waals surface area contributed by atoms with E-state index in [2.05, 4.69) is 41.2 Å².